The summed E-state index contributed by atoms with van der Waals surface area (Å²) in [6.07, 6.45) is 4.51. The van der Waals surface area contributed by atoms with Crippen molar-refractivity contribution >= 4 is 5.78 Å². The average molecular weight is 214 g/mol. The summed E-state index contributed by atoms with van der Waals surface area (Å²) in [4.78, 5) is 13.7. The average Bonchev–Trinajstić information content (AvgIpc) is 2.45. The molecule has 1 heterocycles. The van der Waals surface area contributed by atoms with Crippen molar-refractivity contribution in [2.24, 2.45) is 0 Å². The van der Waals surface area contributed by atoms with E-state index in [1.54, 1.807) is 0 Å². The summed E-state index contributed by atoms with van der Waals surface area (Å²) in [6, 6.07) is 0.0358. The van der Waals surface area contributed by atoms with Gasteiger partial charge in [-0.3, -0.25) is 9.69 Å². The number of carbonyl (C=O) groups excluding carboxylic acids is 1. The molecule has 0 saturated carbocycles. The second-order valence-electron chi connectivity index (χ2n) is 4.28. The summed E-state index contributed by atoms with van der Waals surface area (Å²) < 4.78 is 0. The van der Waals surface area contributed by atoms with E-state index in [4.69, 9.17) is 5.11 Å². The number of aliphatic hydroxyl groups is 1. The maximum atomic E-state index is 11.9. The molecular weight excluding hydrogens is 192 g/mol. The first-order valence-corrected chi connectivity index (χ1v) is 5.79. The van der Waals surface area contributed by atoms with E-state index < -0.39 is 0 Å². The molecule has 0 aliphatic carbocycles. The summed E-state index contributed by atoms with van der Waals surface area (Å²) in [6.45, 7) is 2.08. The van der Waals surface area contributed by atoms with Crippen LogP contribution in [0.3, 0.4) is 0 Å². The van der Waals surface area contributed by atoms with E-state index in [0.717, 1.165) is 19.4 Å². The van der Waals surface area contributed by atoms with Crippen molar-refractivity contribution in [2.75, 3.05) is 33.3 Å². The summed E-state index contributed by atoms with van der Waals surface area (Å²) in [5, 5.41) is 12.0. The largest absolute Gasteiger partial charge is 0.395 e. The summed E-state index contributed by atoms with van der Waals surface area (Å²) in [5.74, 6) is 0.257. The Bertz CT molecular complexity index is 189. The highest BCUT2D eigenvalue weighted by Gasteiger charge is 2.20. The van der Waals surface area contributed by atoms with Gasteiger partial charge >= 0.3 is 0 Å². The van der Waals surface area contributed by atoms with Gasteiger partial charge in [-0.25, -0.2) is 0 Å². The second-order valence-corrected chi connectivity index (χ2v) is 4.28. The molecule has 1 aliphatic rings. The number of carbonyl (C=O) groups is 1. The summed E-state index contributed by atoms with van der Waals surface area (Å²) >= 11 is 0. The van der Waals surface area contributed by atoms with E-state index in [2.05, 4.69) is 5.32 Å². The number of likely N-dealkylation sites (N-methyl/N-ethyl adjacent to an activating group) is 1. The molecule has 4 nitrogen and oxygen atoms in total. The van der Waals surface area contributed by atoms with Gasteiger partial charge in [-0.05, 0) is 26.4 Å². The number of hydrogen-bond acceptors (Lipinski definition) is 4. The smallest absolute Gasteiger partial charge is 0.163 e. The van der Waals surface area contributed by atoms with Gasteiger partial charge < -0.3 is 10.4 Å². The molecule has 0 aromatic heterocycles. The van der Waals surface area contributed by atoms with Crippen LogP contribution in [0.25, 0.3) is 0 Å². The number of ketones is 1. The van der Waals surface area contributed by atoms with E-state index in [0.29, 0.717) is 13.1 Å². The van der Waals surface area contributed by atoms with Crippen LogP contribution in [0, 0.1) is 0 Å². The molecule has 0 radical (unpaired) electrons. The number of nitrogens with zero attached hydrogens (tertiary/aromatic N) is 1. The SMILES string of the molecule is CN(CCO)CC(=O)C1CCCCCN1. The first-order chi connectivity index (χ1) is 7.24. The molecule has 15 heavy (non-hydrogen) atoms. The van der Waals surface area contributed by atoms with Crippen LogP contribution in [0.5, 0.6) is 0 Å². The zero-order chi connectivity index (χ0) is 11.1. The topological polar surface area (TPSA) is 52.6 Å². The third-order valence-corrected chi connectivity index (χ3v) is 2.86. The molecule has 88 valence electrons. The van der Waals surface area contributed by atoms with Crippen LogP contribution in [-0.4, -0.2) is 55.1 Å². The van der Waals surface area contributed by atoms with E-state index in [1.807, 2.05) is 11.9 Å². The molecule has 1 fully saturated rings. The van der Waals surface area contributed by atoms with Crippen molar-refractivity contribution in [3.05, 3.63) is 0 Å². The Morgan fingerprint density at radius 1 is 1.47 bits per heavy atom. The molecule has 1 aliphatic heterocycles. The highest BCUT2D eigenvalue weighted by atomic mass is 16.3. The van der Waals surface area contributed by atoms with Gasteiger partial charge in [0.25, 0.3) is 0 Å². The maximum absolute atomic E-state index is 11.9. The Morgan fingerprint density at radius 2 is 2.27 bits per heavy atom. The maximum Gasteiger partial charge on any atom is 0.163 e. The second kappa shape index (κ2) is 6.93. The third-order valence-electron chi connectivity index (χ3n) is 2.86. The molecule has 0 aromatic carbocycles. The Kier molecular flexibility index (Phi) is 5.83. The highest BCUT2D eigenvalue weighted by molar-refractivity contribution is 5.85. The predicted octanol–water partition coefficient (Wildman–Crippen LogP) is 0.0118. The van der Waals surface area contributed by atoms with Crippen LogP contribution in [0.15, 0.2) is 0 Å². The van der Waals surface area contributed by atoms with Crippen molar-refractivity contribution in [1.29, 1.82) is 0 Å². The standard InChI is InChI=1S/C11H22N2O2/c1-13(7-8-14)9-11(15)10-5-3-2-4-6-12-10/h10,12,14H,2-9H2,1H3. The van der Waals surface area contributed by atoms with Crippen LogP contribution in [-0.2, 0) is 4.79 Å². The monoisotopic (exact) mass is 214 g/mol. The van der Waals surface area contributed by atoms with Crippen LogP contribution in [0.4, 0.5) is 0 Å². The van der Waals surface area contributed by atoms with Crippen molar-refractivity contribution < 1.29 is 9.90 Å². The van der Waals surface area contributed by atoms with Crippen LogP contribution >= 0.6 is 0 Å². The van der Waals surface area contributed by atoms with Crippen molar-refractivity contribution in [3.63, 3.8) is 0 Å². The van der Waals surface area contributed by atoms with E-state index in [1.165, 1.54) is 12.8 Å². The number of aliphatic hydroxyl groups excluding tert-OH is 1. The molecule has 0 spiro atoms. The summed E-state index contributed by atoms with van der Waals surface area (Å²) in [5.41, 5.74) is 0. The normalized spacial score (nSPS) is 22.7. The molecular formula is C11H22N2O2. The third kappa shape index (κ3) is 4.73. The van der Waals surface area contributed by atoms with Crippen molar-refractivity contribution in [1.82, 2.24) is 10.2 Å². The molecule has 1 rings (SSSR count). The fourth-order valence-corrected chi connectivity index (χ4v) is 1.93. The Balaban J connectivity index is 2.30. The van der Waals surface area contributed by atoms with Gasteiger partial charge in [-0.2, -0.15) is 0 Å². The fourth-order valence-electron chi connectivity index (χ4n) is 1.93. The van der Waals surface area contributed by atoms with Gasteiger partial charge in [-0.15, -0.1) is 0 Å². The molecule has 1 atom stereocenters. The van der Waals surface area contributed by atoms with Gasteiger partial charge in [0.05, 0.1) is 19.2 Å². The number of rotatable bonds is 5. The lowest BCUT2D eigenvalue weighted by Crippen LogP contribution is -2.42. The molecule has 0 aromatic rings. The lowest BCUT2D eigenvalue weighted by Gasteiger charge is -2.19. The van der Waals surface area contributed by atoms with E-state index in [-0.39, 0.29) is 18.4 Å². The highest BCUT2D eigenvalue weighted by Crippen LogP contribution is 2.09. The number of nitrogens with one attached hydrogen (secondary N) is 1. The lowest BCUT2D eigenvalue weighted by atomic mass is 10.1. The van der Waals surface area contributed by atoms with Gasteiger partial charge in [-0.1, -0.05) is 12.8 Å². The van der Waals surface area contributed by atoms with Crippen molar-refractivity contribution in [2.45, 2.75) is 31.7 Å². The quantitative estimate of drug-likeness (QED) is 0.677. The molecule has 1 unspecified atom stereocenters. The number of hydrogen-bond donors (Lipinski definition) is 2. The molecule has 0 amide bonds. The Hall–Kier alpha value is -0.450. The Labute approximate surface area is 91.6 Å². The van der Waals surface area contributed by atoms with E-state index >= 15 is 0 Å². The predicted molar refractivity (Wildman–Crippen MR) is 59.8 cm³/mol. The number of Topliss-reactive ketones (excluding diaryl/α,β-unsaturated/α-hetero) is 1. The first kappa shape index (κ1) is 12.6. The van der Waals surface area contributed by atoms with E-state index in [9.17, 15) is 4.79 Å². The van der Waals surface area contributed by atoms with Crippen molar-refractivity contribution in [3.8, 4) is 0 Å². The van der Waals surface area contributed by atoms with Gasteiger partial charge in [0.1, 0.15) is 0 Å². The van der Waals surface area contributed by atoms with Gasteiger partial charge in [0.15, 0.2) is 5.78 Å². The lowest BCUT2D eigenvalue weighted by molar-refractivity contribution is -0.122. The van der Waals surface area contributed by atoms with Crippen LogP contribution in [0.1, 0.15) is 25.7 Å². The Morgan fingerprint density at radius 3 is 3.00 bits per heavy atom. The zero-order valence-corrected chi connectivity index (χ0v) is 9.54. The minimum atomic E-state index is 0.0358. The minimum Gasteiger partial charge on any atom is -0.395 e. The van der Waals surface area contributed by atoms with Crippen LogP contribution in [0.2, 0.25) is 0 Å². The minimum absolute atomic E-state index is 0.0358. The molecule has 0 bridgehead atoms. The summed E-state index contributed by atoms with van der Waals surface area (Å²) in [7, 11) is 1.87. The van der Waals surface area contributed by atoms with Crippen LogP contribution < -0.4 is 5.32 Å². The van der Waals surface area contributed by atoms with Gasteiger partial charge in [0, 0.05) is 6.54 Å². The first-order valence-electron chi connectivity index (χ1n) is 5.79. The molecule has 1 saturated heterocycles. The van der Waals surface area contributed by atoms with Gasteiger partial charge in [0.2, 0.25) is 0 Å². The molecule has 4 heteroatoms. The molecule has 2 N–H and O–H groups in total. The fraction of sp³-hybridized carbons (Fsp3) is 0.909. The zero-order valence-electron chi connectivity index (χ0n) is 9.54.